The zero-order chi connectivity index (χ0) is 13.3. The maximum absolute atomic E-state index is 5.67. The number of benzene rings is 1. The molecule has 0 unspecified atom stereocenters. The van der Waals surface area contributed by atoms with Crippen molar-refractivity contribution in [1.82, 2.24) is 4.90 Å². The van der Waals surface area contributed by atoms with Gasteiger partial charge in [0, 0.05) is 31.9 Å². The number of nitrogens with zero attached hydrogens (tertiary/aromatic N) is 2. The molecule has 1 heterocycles. The van der Waals surface area contributed by atoms with Gasteiger partial charge in [-0.3, -0.25) is 0 Å². The van der Waals surface area contributed by atoms with Gasteiger partial charge in [0.15, 0.2) is 5.11 Å². The van der Waals surface area contributed by atoms with Crippen molar-refractivity contribution in [2.24, 2.45) is 5.73 Å². The predicted molar refractivity (Wildman–Crippen MR) is 81.2 cm³/mol. The summed E-state index contributed by atoms with van der Waals surface area (Å²) in [7, 11) is 0. The molecule has 1 aromatic carbocycles. The van der Waals surface area contributed by atoms with Crippen LogP contribution in [0.3, 0.4) is 0 Å². The van der Waals surface area contributed by atoms with E-state index in [4.69, 9.17) is 18.0 Å². The van der Waals surface area contributed by atoms with Gasteiger partial charge in [-0.1, -0.05) is 17.7 Å². The van der Waals surface area contributed by atoms with Crippen molar-refractivity contribution in [3.63, 3.8) is 0 Å². The molecule has 0 saturated carbocycles. The summed E-state index contributed by atoms with van der Waals surface area (Å²) < 4.78 is 0. The van der Waals surface area contributed by atoms with Gasteiger partial charge in [-0.15, -0.1) is 0 Å². The van der Waals surface area contributed by atoms with Crippen LogP contribution in [0.2, 0.25) is 0 Å². The van der Waals surface area contributed by atoms with Crippen LogP contribution < -0.4 is 10.6 Å². The molecule has 2 rings (SSSR count). The summed E-state index contributed by atoms with van der Waals surface area (Å²) in [6.45, 7) is 10.3. The highest BCUT2D eigenvalue weighted by Gasteiger charge is 2.20. The van der Waals surface area contributed by atoms with Crippen molar-refractivity contribution >= 4 is 23.0 Å². The van der Waals surface area contributed by atoms with E-state index in [1.54, 1.807) is 0 Å². The molecule has 3 nitrogen and oxygen atoms in total. The average Bonchev–Trinajstić information content (AvgIpc) is 2.28. The summed E-state index contributed by atoms with van der Waals surface area (Å²) in [6.07, 6.45) is 0. The molecule has 0 amide bonds. The first kappa shape index (κ1) is 13.1. The fraction of sp³-hybridized carbons (Fsp3) is 0.500. The van der Waals surface area contributed by atoms with E-state index in [2.05, 4.69) is 42.7 Å². The SMILES string of the molecule is Cc1cc(C)c(N2CCN(C(N)=S)CC2)c(C)c1. The number of hydrogen-bond donors (Lipinski definition) is 1. The second-order valence-corrected chi connectivity index (χ2v) is 5.48. The molecule has 1 aromatic rings. The molecule has 0 spiro atoms. The Kier molecular flexibility index (Phi) is 3.76. The smallest absolute Gasteiger partial charge is 0.166 e. The molecule has 1 aliphatic rings. The number of thiocarbonyl (C=S) groups is 1. The average molecular weight is 263 g/mol. The maximum Gasteiger partial charge on any atom is 0.166 e. The van der Waals surface area contributed by atoms with E-state index < -0.39 is 0 Å². The van der Waals surface area contributed by atoms with E-state index >= 15 is 0 Å². The van der Waals surface area contributed by atoms with Crippen molar-refractivity contribution in [3.05, 3.63) is 28.8 Å². The Balaban J connectivity index is 2.17. The summed E-state index contributed by atoms with van der Waals surface area (Å²) >= 11 is 5.02. The van der Waals surface area contributed by atoms with Crippen LogP contribution >= 0.6 is 12.2 Å². The summed E-state index contributed by atoms with van der Waals surface area (Å²) in [4.78, 5) is 4.52. The first-order valence-electron chi connectivity index (χ1n) is 6.36. The van der Waals surface area contributed by atoms with Crippen LogP contribution in [-0.4, -0.2) is 36.2 Å². The van der Waals surface area contributed by atoms with Gasteiger partial charge < -0.3 is 15.5 Å². The van der Waals surface area contributed by atoms with Crippen LogP contribution in [-0.2, 0) is 0 Å². The Morgan fingerprint density at radius 3 is 2.00 bits per heavy atom. The zero-order valence-corrected chi connectivity index (χ0v) is 12.2. The van der Waals surface area contributed by atoms with Crippen molar-refractivity contribution in [1.29, 1.82) is 0 Å². The van der Waals surface area contributed by atoms with Crippen LogP contribution in [0.25, 0.3) is 0 Å². The minimum atomic E-state index is 0.520. The van der Waals surface area contributed by atoms with Gasteiger partial charge in [0.1, 0.15) is 0 Å². The molecule has 0 aliphatic carbocycles. The highest BCUT2D eigenvalue weighted by molar-refractivity contribution is 7.80. The van der Waals surface area contributed by atoms with Crippen molar-refractivity contribution in [2.75, 3.05) is 31.1 Å². The first-order chi connectivity index (χ1) is 8.49. The molecule has 0 atom stereocenters. The second-order valence-electron chi connectivity index (χ2n) is 5.06. The molecule has 98 valence electrons. The monoisotopic (exact) mass is 263 g/mol. The van der Waals surface area contributed by atoms with E-state index in [0.717, 1.165) is 26.2 Å². The van der Waals surface area contributed by atoms with Gasteiger partial charge in [-0.05, 0) is 44.1 Å². The molecule has 1 fully saturated rings. The van der Waals surface area contributed by atoms with E-state index in [1.807, 2.05) is 0 Å². The molecule has 1 saturated heterocycles. The molecule has 0 bridgehead atoms. The van der Waals surface area contributed by atoms with Crippen LogP contribution in [0.5, 0.6) is 0 Å². The van der Waals surface area contributed by atoms with Gasteiger partial charge in [0.2, 0.25) is 0 Å². The number of anilines is 1. The Morgan fingerprint density at radius 1 is 1.06 bits per heavy atom. The molecular formula is C14H21N3S. The summed E-state index contributed by atoms with van der Waals surface area (Å²) in [5.74, 6) is 0. The number of aryl methyl sites for hydroxylation is 3. The lowest BCUT2D eigenvalue weighted by Crippen LogP contribution is -2.50. The zero-order valence-electron chi connectivity index (χ0n) is 11.4. The summed E-state index contributed by atoms with van der Waals surface area (Å²) in [6, 6.07) is 4.50. The maximum atomic E-state index is 5.67. The van der Waals surface area contributed by atoms with Crippen LogP contribution in [0, 0.1) is 20.8 Å². The summed E-state index contributed by atoms with van der Waals surface area (Å²) in [5, 5.41) is 0.520. The lowest BCUT2D eigenvalue weighted by molar-refractivity contribution is 0.388. The van der Waals surface area contributed by atoms with Crippen molar-refractivity contribution < 1.29 is 0 Å². The highest BCUT2D eigenvalue weighted by atomic mass is 32.1. The molecule has 1 aliphatic heterocycles. The van der Waals surface area contributed by atoms with Crippen molar-refractivity contribution in [2.45, 2.75) is 20.8 Å². The van der Waals surface area contributed by atoms with Gasteiger partial charge in [0.05, 0.1) is 0 Å². The molecular weight excluding hydrogens is 242 g/mol. The highest BCUT2D eigenvalue weighted by Crippen LogP contribution is 2.27. The van der Waals surface area contributed by atoms with E-state index in [9.17, 15) is 0 Å². The van der Waals surface area contributed by atoms with E-state index in [1.165, 1.54) is 22.4 Å². The Labute approximate surface area is 115 Å². The van der Waals surface area contributed by atoms with Crippen LogP contribution in [0.4, 0.5) is 5.69 Å². The number of piperazine rings is 1. The first-order valence-corrected chi connectivity index (χ1v) is 6.77. The second kappa shape index (κ2) is 5.14. The molecule has 2 N–H and O–H groups in total. The number of rotatable bonds is 1. The quantitative estimate of drug-likeness (QED) is 0.785. The van der Waals surface area contributed by atoms with Crippen LogP contribution in [0.1, 0.15) is 16.7 Å². The Morgan fingerprint density at radius 2 is 1.56 bits per heavy atom. The third kappa shape index (κ3) is 2.58. The fourth-order valence-electron chi connectivity index (χ4n) is 2.82. The van der Waals surface area contributed by atoms with Gasteiger partial charge in [-0.25, -0.2) is 0 Å². The summed E-state index contributed by atoms with van der Waals surface area (Å²) in [5.41, 5.74) is 11.1. The molecule has 18 heavy (non-hydrogen) atoms. The lowest BCUT2D eigenvalue weighted by atomic mass is 10.0. The largest absolute Gasteiger partial charge is 0.376 e. The molecule has 0 radical (unpaired) electrons. The predicted octanol–water partition coefficient (Wildman–Crippen LogP) is 1.98. The minimum absolute atomic E-state index is 0.520. The third-order valence-corrected chi connectivity index (χ3v) is 3.80. The van der Waals surface area contributed by atoms with Crippen LogP contribution in [0.15, 0.2) is 12.1 Å². The van der Waals surface area contributed by atoms with Gasteiger partial charge in [0.25, 0.3) is 0 Å². The molecule has 0 aromatic heterocycles. The third-order valence-electron chi connectivity index (χ3n) is 3.54. The van der Waals surface area contributed by atoms with Gasteiger partial charge >= 0.3 is 0 Å². The normalized spacial score (nSPS) is 15.9. The minimum Gasteiger partial charge on any atom is -0.376 e. The van der Waals surface area contributed by atoms with E-state index in [-0.39, 0.29) is 0 Å². The van der Waals surface area contributed by atoms with Crippen molar-refractivity contribution in [3.8, 4) is 0 Å². The lowest BCUT2D eigenvalue weighted by Gasteiger charge is -2.37. The fourth-order valence-corrected chi connectivity index (χ4v) is 3.00. The standard InChI is InChI=1S/C14H21N3S/c1-10-8-11(2)13(12(3)9-10)16-4-6-17(7-5-16)14(15)18/h8-9H,4-7H2,1-3H3,(H2,15,18). The van der Waals surface area contributed by atoms with Gasteiger partial charge in [-0.2, -0.15) is 0 Å². The topological polar surface area (TPSA) is 32.5 Å². The Bertz CT molecular complexity index is 439. The molecule has 4 heteroatoms. The number of hydrogen-bond acceptors (Lipinski definition) is 2. The number of nitrogens with two attached hydrogens (primary N) is 1. The Hall–Kier alpha value is -1.29. The van der Waals surface area contributed by atoms with E-state index in [0.29, 0.717) is 5.11 Å².